The summed E-state index contributed by atoms with van der Waals surface area (Å²) in [4.78, 5) is 27.2. The summed E-state index contributed by atoms with van der Waals surface area (Å²) in [6.07, 6.45) is 0.655. The molecule has 0 bridgehead atoms. The van der Waals surface area contributed by atoms with Gasteiger partial charge < -0.3 is 9.47 Å². The molecule has 1 saturated heterocycles. The molecule has 1 aliphatic rings. The Morgan fingerprint density at radius 2 is 1.35 bits per heavy atom. The molecule has 0 aromatic heterocycles. The quantitative estimate of drug-likeness (QED) is 0.679. The molecule has 0 spiro atoms. The summed E-state index contributed by atoms with van der Waals surface area (Å²) in [5.74, 6) is -0.214. The summed E-state index contributed by atoms with van der Waals surface area (Å²) in [6, 6.07) is -0.592. The summed E-state index contributed by atoms with van der Waals surface area (Å²) in [7, 11) is 3.12. The molecule has 1 fully saturated rings. The van der Waals surface area contributed by atoms with Crippen molar-refractivity contribution < 1.29 is 19.1 Å². The van der Waals surface area contributed by atoms with Crippen LogP contribution in [-0.2, 0) is 19.1 Å². The molecule has 0 aliphatic carbocycles. The minimum Gasteiger partial charge on any atom is -0.382 e. The third-order valence-corrected chi connectivity index (χ3v) is 3.73. The second kappa shape index (κ2) is 7.66. The van der Waals surface area contributed by atoms with Gasteiger partial charge in [-0.1, -0.05) is 13.8 Å². The lowest BCUT2D eigenvalue weighted by Crippen LogP contribution is -2.46. The van der Waals surface area contributed by atoms with Gasteiger partial charge in [-0.05, 0) is 12.2 Å². The lowest BCUT2D eigenvalue weighted by atomic mass is 10.1. The first-order valence-electron chi connectivity index (χ1n) is 6.69. The minimum atomic E-state index is -0.296. The highest BCUT2D eigenvalue weighted by atomic mass is 32.1. The fourth-order valence-corrected chi connectivity index (χ4v) is 2.86. The van der Waals surface area contributed by atoms with E-state index in [-0.39, 0.29) is 29.0 Å². The molecule has 0 N–H and O–H groups in total. The summed E-state index contributed by atoms with van der Waals surface area (Å²) in [6.45, 7) is 4.16. The highest BCUT2D eigenvalue weighted by Crippen LogP contribution is 2.26. The van der Waals surface area contributed by atoms with Crippen molar-refractivity contribution in [2.75, 3.05) is 27.4 Å². The second-order valence-electron chi connectivity index (χ2n) is 4.56. The van der Waals surface area contributed by atoms with Gasteiger partial charge >= 0.3 is 0 Å². The average Bonchev–Trinajstić information content (AvgIpc) is 2.71. The Labute approximate surface area is 125 Å². The Hall–Kier alpha value is -1.05. The Balaban J connectivity index is 3.15. The molecule has 7 heteroatoms. The summed E-state index contributed by atoms with van der Waals surface area (Å²) in [5, 5.41) is 0.257. The topological polar surface area (TPSA) is 59.1 Å². The van der Waals surface area contributed by atoms with E-state index in [0.29, 0.717) is 26.1 Å². The maximum atomic E-state index is 12.1. The summed E-state index contributed by atoms with van der Waals surface area (Å²) < 4.78 is 10.4. The third kappa shape index (κ3) is 3.16. The molecule has 0 saturated carbocycles. The van der Waals surface area contributed by atoms with Gasteiger partial charge in [-0.25, -0.2) is 0 Å². The monoisotopic (exact) mass is 302 g/mol. The van der Waals surface area contributed by atoms with Crippen molar-refractivity contribution >= 4 is 29.1 Å². The van der Waals surface area contributed by atoms with Crippen LogP contribution < -0.4 is 0 Å². The number of hydrogen-bond donors (Lipinski definition) is 0. The Kier molecular flexibility index (Phi) is 6.51. The number of carbonyl (C=O) groups is 2. The third-order valence-electron chi connectivity index (χ3n) is 3.34. The van der Waals surface area contributed by atoms with Gasteiger partial charge in [-0.3, -0.25) is 19.4 Å². The number of carbonyl (C=O) groups excluding carboxylic acids is 2. The molecule has 0 radical (unpaired) electrons. The largest absolute Gasteiger partial charge is 0.382 e. The lowest BCUT2D eigenvalue weighted by molar-refractivity contribution is -0.130. The van der Waals surface area contributed by atoms with Crippen molar-refractivity contribution in [2.24, 2.45) is 0 Å². The van der Waals surface area contributed by atoms with Crippen molar-refractivity contribution in [3.63, 3.8) is 0 Å². The van der Waals surface area contributed by atoms with Crippen molar-refractivity contribution in [1.82, 2.24) is 9.80 Å². The van der Waals surface area contributed by atoms with Crippen molar-refractivity contribution in [3.8, 4) is 0 Å². The maximum Gasteiger partial charge on any atom is 0.228 e. The van der Waals surface area contributed by atoms with Crippen LogP contribution in [0.2, 0.25) is 0 Å². The predicted octanol–water partition coefficient (Wildman–Crippen LogP) is 0.792. The molecule has 1 aliphatic heterocycles. The van der Waals surface area contributed by atoms with E-state index in [2.05, 4.69) is 0 Å². The van der Waals surface area contributed by atoms with E-state index in [9.17, 15) is 9.59 Å². The highest BCUT2D eigenvalue weighted by molar-refractivity contribution is 7.80. The number of nitrogens with zero attached hydrogens (tertiary/aromatic N) is 2. The van der Waals surface area contributed by atoms with Gasteiger partial charge in [0.05, 0.1) is 25.3 Å². The zero-order chi connectivity index (χ0) is 15.3. The van der Waals surface area contributed by atoms with Crippen LogP contribution in [0.15, 0.2) is 0 Å². The molecule has 20 heavy (non-hydrogen) atoms. The van der Waals surface area contributed by atoms with Crippen LogP contribution in [0.1, 0.15) is 26.7 Å². The van der Waals surface area contributed by atoms with Crippen LogP contribution in [0.3, 0.4) is 0 Å². The van der Waals surface area contributed by atoms with E-state index in [0.717, 1.165) is 0 Å². The lowest BCUT2D eigenvalue weighted by Gasteiger charge is -2.25. The molecule has 6 nitrogen and oxygen atoms in total. The fourth-order valence-electron chi connectivity index (χ4n) is 2.38. The standard InChI is InChI=1S/C13H22N2O4S/c1-5-11(16)14-9(7-18-3)10(8-19-4)15(13(14)20)12(17)6-2/h9-10H,5-8H2,1-4H3/t9-,10-/m1/s1. The van der Waals surface area contributed by atoms with Gasteiger partial charge in [0.2, 0.25) is 11.8 Å². The van der Waals surface area contributed by atoms with E-state index >= 15 is 0 Å². The number of rotatable bonds is 6. The fraction of sp³-hybridized carbons (Fsp3) is 0.769. The van der Waals surface area contributed by atoms with Gasteiger partial charge in [-0.15, -0.1) is 0 Å². The summed E-state index contributed by atoms with van der Waals surface area (Å²) in [5.41, 5.74) is 0. The van der Waals surface area contributed by atoms with E-state index in [1.807, 2.05) is 0 Å². The molecule has 2 atom stereocenters. The first-order valence-corrected chi connectivity index (χ1v) is 7.10. The Morgan fingerprint density at radius 1 is 1.00 bits per heavy atom. The molecular weight excluding hydrogens is 280 g/mol. The van der Waals surface area contributed by atoms with Crippen molar-refractivity contribution in [2.45, 2.75) is 38.8 Å². The Morgan fingerprint density at radius 3 is 1.60 bits per heavy atom. The van der Waals surface area contributed by atoms with E-state index in [1.54, 1.807) is 28.1 Å². The maximum absolute atomic E-state index is 12.1. The van der Waals surface area contributed by atoms with Crippen LogP contribution in [0, 0.1) is 0 Å². The van der Waals surface area contributed by atoms with E-state index in [4.69, 9.17) is 21.7 Å². The number of methoxy groups -OCH3 is 2. The molecule has 0 aromatic rings. The van der Waals surface area contributed by atoms with Gasteiger partial charge in [0.25, 0.3) is 0 Å². The van der Waals surface area contributed by atoms with Gasteiger partial charge in [0, 0.05) is 27.1 Å². The van der Waals surface area contributed by atoms with E-state index < -0.39 is 0 Å². The molecule has 1 rings (SSSR count). The second-order valence-corrected chi connectivity index (χ2v) is 4.93. The van der Waals surface area contributed by atoms with Crippen molar-refractivity contribution in [3.05, 3.63) is 0 Å². The minimum absolute atomic E-state index is 0.107. The highest BCUT2D eigenvalue weighted by Gasteiger charge is 2.47. The van der Waals surface area contributed by atoms with Crippen LogP contribution >= 0.6 is 12.2 Å². The van der Waals surface area contributed by atoms with Crippen LogP contribution in [-0.4, -0.2) is 66.2 Å². The first-order chi connectivity index (χ1) is 9.53. The predicted molar refractivity (Wildman–Crippen MR) is 78.2 cm³/mol. The number of ether oxygens (including phenoxy) is 2. The van der Waals surface area contributed by atoms with Crippen molar-refractivity contribution in [1.29, 1.82) is 0 Å². The van der Waals surface area contributed by atoms with Gasteiger partial charge in [-0.2, -0.15) is 0 Å². The molecule has 2 amide bonds. The summed E-state index contributed by atoms with van der Waals surface area (Å²) >= 11 is 5.33. The molecule has 0 unspecified atom stereocenters. The van der Waals surface area contributed by atoms with E-state index in [1.165, 1.54) is 9.80 Å². The Bertz CT molecular complexity index is 355. The smallest absolute Gasteiger partial charge is 0.228 e. The van der Waals surface area contributed by atoms with Crippen LogP contribution in [0.4, 0.5) is 0 Å². The zero-order valence-electron chi connectivity index (χ0n) is 12.4. The average molecular weight is 302 g/mol. The molecule has 114 valence electrons. The number of amides is 2. The molecular formula is C13H22N2O4S. The number of hydrogen-bond acceptors (Lipinski definition) is 5. The van der Waals surface area contributed by atoms with Gasteiger partial charge in [0.1, 0.15) is 0 Å². The molecule has 1 heterocycles. The van der Waals surface area contributed by atoms with Gasteiger partial charge in [0.15, 0.2) is 5.11 Å². The van der Waals surface area contributed by atoms with Crippen LogP contribution in [0.25, 0.3) is 0 Å². The zero-order valence-corrected chi connectivity index (χ0v) is 13.2. The SMILES string of the molecule is CCC(=O)N1C(=S)N(C(=O)CC)[C@H](COC)[C@H]1COC. The normalized spacial score (nSPS) is 22.5. The molecule has 0 aromatic carbocycles. The first kappa shape index (κ1) is 17.0. The number of thiocarbonyl (C=S) groups is 1. The van der Waals surface area contributed by atoms with Crippen LogP contribution in [0.5, 0.6) is 0 Å².